The summed E-state index contributed by atoms with van der Waals surface area (Å²) in [6.45, 7) is 5.27. The highest BCUT2D eigenvalue weighted by atomic mass is 16.4. The molecule has 1 rings (SSSR count). The zero-order valence-corrected chi connectivity index (χ0v) is 9.91. The minimum atomic E-state index is -0.639. The van der Waals surface area contributed by atoms with E-state index < -0.39 is 5.97 Å². The van der Waals surface area contributed by atoms with Crippen molar-refractivity contribution >= 4 is 5.97 Å². The fourth-order valence-electron chi connectivity index (χ4n) is 2.51. The summed E-state index contributed by atoms with van der Waals surface area (Å²) in [6.07, 6.45) is 6.44. The van der Waals surface area contributed by atoms with E-state index in [2.05, 4.69) is 18.7 Å². The molecule has 88 valence electrons. The van der Waals surface area contributed by atoms with Gasteiger partial charge in [0.05, 0.1) is 0 Å². The third-order valence-electron chi connectivity index (χ3n) is 3.35. The first-order chi connectivity index (χ1) is 7.16. The first-order valence-corrected chi connectivity index (χ1v) is 6.15. The van der Waals surface area contributed by atoms with Gasteiger partial charge in [-0.15, -0.1) is 0 Å². The van der Waals surface area contributed by atoms with Gasteiger partial charge in [-0.3, -0.25) is 9.69 Å². The van der Waals surface area contributed by atoms with Crippen molar-refractivity contribution in [3.05, 3.63) is 0 Å². The summed E-state index contributed by atoms with van der Waals surface area (Å²) in [7, 11) is 0. The number of hydrogen-bond acceptors (Lipinski definition) is 2. The van der Waals surface area contributed by atoms with Crippen molar-refractivity contribution in [1.82, 2.24) is 4.90 Å². The quantitative estimate of drug-likeness (QED) is 0.780. The number of carboxylic acid groups (broad SMARTS) is 1. The standard InChI is InChI=1S/C12H23NO2/c1-3-7-10(2)13-9-6-4-5-8-11(13)12(14)15/h10-11H,3-9H2,1-2H3,(H,14,15). The molecule has 0 saturated carbocycles. The molecule has 0 aromatic carbocycles. The lowest BCUT2D eigenvalue weighted by atomic mass is 10.1. The molecule has 3 heteroatoms. The van der Waals surface area contributed by atoms with Gasteiger partial charge in [-0.05, 0) is 32.7 Å². The Bertz CT molecular complexity index is 206. The summed E-state index contributed by atoms with van der Waals surface area (Å²) < 4.78 is 0. The third-order valence-corrected chi connectivity index (χ3v) is 3.35. The first kappa shape index (κ1) is 12.5. The first-order valence-electron chi connectivity index (χ1n) is 6.15. The predicted octanol–water partition coefficient (Wildman–Crippen LogP) is 2.50. The summed E-state index contributed by atoms with van der Waals surface area (Å²) >= 11 is 0. The molecule has 0 aromatic heterocycles. The van der Waals surface area contributed by atoms with Crippen LogP contribution in [0.15, 0.2) is 0 Å². The van der Waals surface area contributed by atoms with Crippen LogP contribution in [-0.2, 0) is 4.79 Å². The molecule has 0 radical (unpaired) electrons. The molecule has 1 aliphatic heterocycles. The fourth-order valence-corrected chi connectivity index (χ4v) is 2.51. The van der Waals surface area contributed by atoms with E-state index in [1.807, 2.05) is 0 Å². The third kappa shape index (κ3) is 3.49. The van der Waals surface area contributed by atoms with E-state index in [0.717, 1.165) is 38.6 Å². The van der Waals surface area contributed by atoms with Gasteiger partial charge in [0.2, 0.25) is 0 Å². The van der Waals surface area contributed by atoms with E-state index in [0.29, 0.717) is 6.04 Å². The molecule has 0 aromatic rings. The molecule has 15 heavy (non-hydrogen) atoms. The van der Waals surface area contributed by atoms with Gasteiger partial charge < -0.3 is 5.11 Å². The average molecular weight is 213 g/mol. The van der Waals surface area contributed by atoms with E-state index in [1.165, 1.54) is 6.42 Å². The number of hydrogen-bond donors (Lipinski definition) is 1. The molecule has 3 nitrogen and oxygen atoms in total. The van der Waals surface area contributed by atoms with Gasteiger partial charge in [0.25, 0.3) is 0 Å². The van der Waals surface area contributed by atoms with Crippen LogP contribution in [0.25, 0.3) is 0 Å². The van der Waals surface area contributed by atoms with Crippen molar-refractivity contribution in [2.75, 3.05) is 6.54 Å². The normalized spacial score (nSPS) is 25.9. The van der Waals surface area contributed by atoms with E-state index in [9.17, 15) is 9.90 Å². The summed E-state index contributed by atoms with van der Waals surface area (Å²) in [5.74, 6) is -0.639. The van der Waals surface area contributed by atoms with Gasteiger partial charge in [-0.1, -0.05) is 26.2 Å². The number of carboxylic acids is 1. The molecular formula is C12H23NO2. The molecule has 1 aliphatic rings. The number of aliphatic carboxylic acids is 1. The fraction of sp³-hybridized carbons (Fsp3) is 0.917. The lowest BCUT2D eigenvalue weighted by Gasteiger charge is -2.32. The second kappa shape index (κ2) is 6.11. The maximum absolute atomic E-state index is 11.2. The molecule has 0 aliphatic carbocycles. The van der Waals surface area contributed by atoms with Crippen LogP contribution in [-0.4, -0.2) is 34.6 Å². The van der Waals surface area contributed by atoms with Crippen molar-refractivity contribution in [1.29, 1.82) is 0 Å². The molecule has 2 unspecified atom stereocenters. The average Bonchev–Trinajstić information content (AvgIpc) is 2.42. The second-order valence-electron chi connectivity index (χ2n) is 4.58. The molecule has 1 N–H and O–H groups in total. The Hall–Kier alpha value is -0.570. The van der Waals surface area contributed by atoms with Crippen LogP contribution < -0.4 is 0 Å². The lowest BCUT2D eigenvalue weighted by molar-refractivity contribution is -0.144. The van der Waals surface area contributed by atoms with Crippen molar-refractivity contribution < 1.29 is 9.90 Å². The van der Waals surface area contributed by atoms with Gasteiger partial charge in [-0.2, -0.15) is 0 Å². The SMILES string of the molecule is CCCC(C)N1CCCCCC1C(=O)O. The highest BCUT2D eigenvalue weighted by Gasteiger charge is 2.29. The Kier molecular flexibility index (Phi) is 5.09. The highest BCUT2D eigenvalue weighted by molar-refractivity contribution is 5.73. The van der Waals surface area contributed by atoms with Crippen molar-refractivity contribution in [3.8, 4) is 0 Å². The summed E-state index contributed by atoms with van der Waals surface area (Å²) in [5, 5.41) is 9.21. The van der Waals surface area contributed by atoms with Crippen molar-refractivity contribution in [3.63, 3.8) is 0 Å². The minimum absolute atomic E-state index is 0.242. The molecule has 0 amide bonds. The van der Waals surface area contributed by atoms with Crippen LogP contribution in [0.4, 0.5) is 0 Å². The lowest BCUT2D eigenvalue weighted by Crippen LogP contribution is -2.45. The van der Waals surface area contributed by atoms with Gasteiger partial charge in [0, 0.05) is 6.04 Å². The Labute approximate surface area is 92.5 Å². The van der Waals surface area contributed by atoms with Crippen LogP contribution in [0.2, 0.25) is 0 Å². The Balaban J connectivity index is 2.65. The van der Waals surface area contributed by atoms with E-state index in [1.54, 1.807) is 0 Å². The van der Waals surface area contributed by atoms with Crippen LogP contribution in [0.5, 0.6) is 0 Å². The van der Waals surface area contributed by atoms with Gasteiger partial charge in [-0.25, -0.2) is 0 Å². The molecule has 1 fully saturated rings. The summed E-state index contributed by atoms with van der Waals surface area (Å²) in [6, 6.07) is 0.170. The molecular weight excluding hydrogens is 190 g/mol. The Morgan fingerprint density at radius 3 is 2.80 bits per heavy atom. The predicted molar refractivity (Wildman–Crippen MR) is 61.0 cm³/mol. The summed E-state index contributed by atoms with van der Waals surface area (Å²) in [4.78, 5) is 13.4. The zero-order valence-electron chi connectivity index (χ0n) is 9.91. The number of likely N-dealkylation sites (tertiary alicyclic amines) is 1. The van der Waals surface area contributed by atoms with Crippen LogP contribution in [0, 0.1) is 0 Å². The number of rotatable bonds is 4. The molecule has 1 heterocycles. The maximum atomic E-state index is 11.2. The molecule has 1 saturated heterocycles. The smallest absolute Gasteiger partial charge is 0.320 e. The molecule has 2 atom stereocenters. The zero-order chi connectivity index (χ0) is 11.3. The molecule has 0 spiro atoms. The van der Waals surface area contributed by atoms with Gasteiger partial charge in [0.1, 0.15) is 6.04 Å². The van der Waals surface area contributed by atoms with E-state index >= 15 is 0 Å². The highest BCUT2D eigenvalue weighted by Crippen LogP contribution is 2.21. The van der Waals surface area contributed by atoms with Crippen molar-refractivity contribution in [2.24, 2.45) is 0 Å². The van der Waals surface area contributed by atoms with Crippen LogP contribution >= 0.6 is 0 Å². The number of carbonyl (C=O) groups is 1. The largest absolute Gasteiger partial charge is 0.480 e. The summed E-state index contributed by atoms with van der Waals surface area (Å²) in [5.41, 5.74) is 0. The van der Waals surface area contributed by atoms with Gasteiger partial charge >= 0.3 is 5.97 Å². The number of nitrogens with zero attached hydrogens (tertiary/aromatic N) is 1. The van der Waals surface area contributed by atoms with Gasteiger partial charge in [0.15, 0.2) is 0 Å². The topological polar surface area (TPSA) is 40.5 Å². The van der Waals surface area contributed by atoms with E-state index in [4.69, 9.17) is 0 Å². The Morgan fingerprint density at radius 1 is 1.47 bits per heavy atom. The van der Waals surface area contributed by atoms with Crippen molar-refractivity contribution in [2.45, 2.75) is 64.5 Å². The molecule has 0 bridgehead atoms. The van der Waals surface area contributed by atoms with Crippen LogP contribution in [0.1, 0.15) is 52.4 Å². The minimum Gasteiger partial charge on any atom is -0.480 e. The van der Waals surface area contributed by atoms with Crippen LogP contribution in [0.3, 0.4) is 0 Å². The monoisotopic (exact) mass is 213 g/mol. The van der Waals surface area contributed by atoms with E-state index in [-0.39, 0.29) is 6.04 Å². The Morgan fingerprint density at radius 2 is 2.20 bits per heavy atom. The maximum Gasteiger partial charge on any atom is 0.320 e. The second-order valence-corrected chi connectivity index (χ2v) is 4.58.